The largest absolute Gasteiger partial charge is 0.305 e. The molecule has 7 nitrogen and oxygen atoms in total. The number of hydrogen-bond donors (Lipinski definition) is 2. The zero-order chi connectivity index (χ0) is 20.4. The third-order valence-electron chi connectivity index (χ3n) is 4.65. The molecule has 0 saturated carbocycles. The van der Waals surface area contributed by atoms with E-state index in [4.69, 9.17) is 11.6 Å². The number of hydrogen-bond acceptors (Lipinski definition) is 4. The Hall–Kier alpha value is -3.45. The summed E-state index contributed by atoms with van der Waals surface area (Å²) >= 11 is 6.20. The molecule has 0 radical (unpaired) electrons. The topological polar surface area (TPSA) is 88.5 Å². The van der Waals surface area contributed by atoms with Gasteiger partial charge in [-0.15, -0.1) is 0 Å². The number of pyridine rings is 1. The van der Waals surface area contributed by atoms with Gasteiger partial charge < -0.3 is 5.32 Å². The number of amides is 1. The van der Waals surface area contributed by atoms with Gasteiger partial charge in [-0.3, -0.25) is 19.6 Å². The van der Waals surface area contributed by atoms with E-state index in [-0.39, 0.29) is 5.91 Å². The normalized spacial score (nSPS) is 10.9. The van der Waals surface area contributed by atoms with Gasteiger partial charge in [-0.2, -0.15) is 10.2 Å². The van der Waals surface area contributed by atoms with E-state index in [1.54, 1.807) is 30.6 Å². The molecule has 146 valence electrons. The Kier molecular flexibility index (Phi) is 5.14. The van der Waals surface area contributed by atoms with Crippen LogP contribution in [0.5, 0.6) is 0 Å². The van der Waals surface area contributed by atoms with Crippen LogP contribution in [0.1, 0.15) is 27.3 Å². The molecule has 0 bridgehead atoms. The lowest BCUT2D eigenvalue weighted by molar-refractivity contribution is 0.102. The third kappa shape index (κ3) is 4.05. The minimum Gasteiger partial charge on any atom is -0.305 e. The van der Waals surface area contributed by atoms with Crippen LogP contribution in [0.25, 0.3) is 11.3 Å². The van der Waals surface area contributed by atoms with Crippen molar-refractivity contribution >= 4 is 23.3 Å². The predicted molar refractivity (Wildman–Crippen MR) is 112 cm³/mol. The molecular weight excluding hydrogens is 388 g/mol. The van der Waals surface area contributed by atoms with Gasteiger partial charge >= 0.3 is 0 Å². The lowest BCUT2D eigenvalue weighted by atomic mass is 10.1. The number of halogens is 1. The first-order valence-corrected chi connectivity index (χ1v) is 9.44. The summed E-state index contributed by atoms with van der Waals surface area (Å²) in [5.74, 6) is 0.238. The van der Waals surface area contributed by atoms with Crippen molar-refractivity contribution in [2.45, 2.75) is 20.4 Å². The number of rotatable bonds is 5. The molecule has 0 saturated heterocycles. The molecule has 0 unspecified atom stereocenters. The van der Waals surface area contributed by atoms with Gasteiger partial charge in [0.05, 0.1) is 28.6 Å². The summed E-state index contributed by atoms with van der Waals surface area (Å²) in [6.45, 7) is 4.42. The summed E-state index contributed by atoms with van der Waals surface area (Å²) in [4.78, 5) is 16.5. The highest BCUT2D eigenvalue weighted by Crippen LogP contribution is 2.21. The summed E-state index contributed by atoms with van der Waals surface area (Å²) in [6, 6.07) is 12.9. The first-order chi connectivity index (χ1) is 14.0. The van der Waals surface area contributed by atoms with Crippen LogP contribution in [0, 0.1) is 13.8 Å². The fourth-order valence-corrected chi connectivity index (χ4v) is 3.15. The molecule has 0 fully saturated rings. The number of aromatic amines is 1. The molecule has 3 aromatic heterocycles. The van der Waals surface area contributed by atoms with Crippen molar-refractivity contribution in [2.24, 2.45) is 0 Å². The summed E-state index contributed by atoms with van der Waals surface area (Å²) in [5.41, 5.74) is 5.07. The Morgan fingerprint density at radius 3 is 2.52 bits per heavy atom. The molecule has 4 aromatic rings. The summed E-state index contributed by atoms with van der Waals surface area (Å²) in [7, 11) is 0. The Balaban J connectivity index is 1.43. The van der Waals surface area contributed by atoms with Gasteiger partial charge in [-0.25, -0.2) is 0 Å². The maximum atomic E-state index is 12.5. The van der Waals surface area contributed by atoms with Gasteiger partial charge in [-0.1, -0.05) is 23.7 Å². The van der Waals surface area contributed by atoms with Crippen molar-refractivity contribution in [1.29, 1.82) is 0 Å². The maximum absolute atomic E-state index is 12.5. The Morgan fingerprint density at radius 1 is 1.14 bits per heavy atom. The minimum atomic E-state index is -0.224. The number of aryl methyl sites for hydroxylation is 1. The van der Waals surface area contributed by atoms with Gasteiger partial charge in [0, 0.05) is 29.6 Å². The van der Waals surface area contributed by atoms with Gasteiger partial charge in [0.2, 0.25) is 0 Å². The van der Waals surface area contributed by atoms with E-state index in [1.165, 1.54) is 0 Å². The monoisotopic (exact) mass is 406 g/mol. The maximum Gasteiger partial charge on any atom is 0.256 e. The fraction of sp³-hybridized carbons (Fsp3) is 0.143. The van der Waals surface area contributed by atoms with Gasteiger partial charge in [-0.05, 0) is 43.7 Å². The number of nitrogens with zero attached hydrogens (tertiary/aromatic N) is 4. The van der Waals surface area contributed by atoms with E-state index in [0.29, 0.717) is 22.9 Å². The highest BCUT2D eigenvalue weighted by Gasteiger charge is 2.12. The Labute approximate surface area is 172 Å². The number of anilines is 1. The molecule has 1 amide bonds. The average molecular weight is 407 g/mol. The number of aromatic nitrogens is 5. The quantitative estimate of drug-likeness (QED) is 0.518. The second-order valence-electron chi connectivity index (χ2n) is 6.70. The van der Waals surface area contributed by atoms with Crippen molar-refractivity contribution in [1.82, 2.24) is 25.0 Å². The smallest absolute Gasteiger partial charge is 0.256 e. The first kappa shape index (κ1) is 18.9. The van der Waals surface area contributed by atoms with Gasteiger partial charge in [0.1, 0.15) is 0 Å². The third-order valence-corrected chi connectivity index (χ3v) is 5.20. The number of carbonyl (C=O) groups excluding carboxylic acids is 1. The molecule has 0 spiro atoms. The molecule has 2 N–H and O–H groups in total. The molecule has 3 heterocycles. The van der Waals surface area contributed by atoms with E-state index >= 15 is 0 Å². The number of carbonyl (C=O) groups is 1. The van der Waals surface area contributed by atoms with Crippen molar-refractivity contribution in [2.75, 3.05) is 5.32 Å². The van der Waals surface area contributed by atoms with Crippen LogP contribution in [0.4, 0.5) is 5.82 Å². The average Bonchev–Trinajstić information content (AvgIpc) is 3.30. The molecule has 0 atom stereocenters. The predicted octanol–water partition coefficient (Wildman–Crippen LogP) is 4.24. The fourth-order valence-electron chi connectivity index (χ4n) is 3.02. The van der Waals surface area contributed by atoms with Crippen molar-refractivity contribution in [3.8, 4) is 11.3 Å². The van der Waals surface area contributed by atoms with Crippen LogP contribution in [0.3, 0.4) is 0 Å². The van der Waals surface area contributed by atoms with E-state index in [2.05, 4.69) is 25.6 Å². The minimum absolute atomic E-state index is 0.224. The van der Waals surface area contributed by atoms with Gasteiger partial charge in [0.15, 0.2) is 5.82 Å². The zero-order valence-corrected chi connectivity index (χ0v) is 16.7. The summed E-state index contributed by atoms with van der Waals surface area (Å²) in [5, 5.41) is 15.0. The number of H-pyrrole nitrogens is 1. The van der Waals surface area contributed by atoms with E-state index < -0.39 is 0 Å². The van der Waals surface area contributed by atoms with Crippen LogP contribution in [0.15, 0.2) is 54.9 Å². The Morgan fingerprint density at radius 2 is 1.86 bits per heavy atom. The molecule has 29 heavy (non-hydrogen) atoms. The zero-order valence-electron chi connectivity index (χ0n) is 16.0. The van der Waals surface area contributed by atoms with Crippen LogP contribution in [-0.4, -0.2) is 30.9 Å². The number of nitrogens with one attached hydrogen (secondary N) is 2. The standard InChI is InChI=1S/C21H19ClN6O/c1-13-20(22)14(2)28(27-13)12-15-3-5-17(6-4-15)21(29)24-19-11-18(25-26-19)16-7-9-23-10-8-16/h3-11H,12H2,1-2H3,(H2,24,25,26,29). The molecular formula is C21H19ClN6O. The molecule has 4 rings (SSSR count). The second-order valence-corrected chi connectivity index (χ2v) is 7.07. The second kappa shape index (κ2) is 7.89. The van der Waals surface area contributed by atoms with E-state index in [9.17, 15) is 4.79 Å². The molecule has 1 aromatic carbocycles. The highest BCUT2D eigenvalue weighted by atomic mass is 35.5. The molecule has 0 aliphatic heterocycles. The summed E-state index contributed by atoms with van der Waals surface area (Å²) < 4.78 is 1.86. The van der Waals surface area contributed by atoms with Crippen molar-refractivity contribution in [3.05, 3.63) is 82.4 Å². The SMILES string of the molecule is Cc1nn(Cc2ccc(C(=O)Nc3cc(-c4ccncc4)[nH]n3)cc2)c(C)c1Cl. The van der Waals surface area contributed by atoms with Crippen LogP contribution in [0.2, 0.25) is 5.02 Å². The van der Waals surface area contributed by atoms with E-state index in [0.717, 1.165) is 28.2 Å². The van der Waals surface area contributed by atoms with Crippen LogP contribution < -0.4 is 5.32 Å². The van der Waals surface area contributed by atoms with E-state index in [1.807, 2.05) is 42.8 Å². The first-order valence-electron chi connectivity index (χ1n) is 9.07. The molecule has 8 heteroatoms. The number of benzene rings is 1. The molecule has 0 aliphatic rings. The van der Waals surface area contributed by atoms with Gasteiger partial charge in [0.25, 0.3) is 5.91 Å². The van der Waals surface area contributed by atoms with Crippen molar-refractivity contribution in [3.63, 3.8) is 0 Å². The molecule has 0 aliphatic carbocycles. The van der Waals surface area contributed by atoms with Crippen molar-refractivity contribution < 1.29 is 4.79 Å². The Bertz CT molecular complexity index is 1150. The van der Waals surface area contributed by atoms with Crippen LogP contribution >= 0.6 is 11.6 Å². The van der Waals surface area contributed by atoms with Crippen LogP contribution in [-0.2, 0) is 6.54 Å². The lowest BCUT2D eigenvalue weighted by Gasteiger charge is -2.06. The highest BCUT2D eigenvalue weighted by molar-refractivity contribution is 6.31. The summed E-state index contributed by atoms with van der Waals surface area (Å²) in [6.07, 6.45) is 3.41. The lowest BCUT2D eigenvalue weighted by Crippen LogP contribution is -2.12.